The summed E-state index contributed by atoms with van der Waals surface area (Å²) in [5.41, 5.74) is 0.298. The van der Waals surface area contributed by atoms with Crippen molar-refractivity contribution in [2.45, 2.75) is 65.8 Å². The van der Waals surface area contributed by atoms with Gasteiger partial charge in [0.05, 0.1) is 0 Å². The summed E-state index contributed by atoms with van der Waals surface area (Å²) in [6, 6.07) is 0. The van der Waals surface area contributed by atoms with E-state index < -0.39 is 0 Å². The third-order valence-electron chi connectivity index (χ3n) is 3.12. The third-order valence-corrected chi connectivity index (χ3v) is 3.12. The summed E-state index contributed by atoms with van der Waals surface area (Å²) >= 11 is 0. The van der Waals surface area contributed by atoms with Gasteiger partial charge in [-0.2, -0.15) is 0 Å². The van der Waals surface area contributed by atoms with Crippen molar-refractivity contribution in [1.82, 2.24) is 14.8 Å². The Morgan fingerprint density at radius 1 is 1.06 bits per heavy atom. The highest BCUT2D eigenvalue weighted by Crippen LogP contribution is 2.22. The van der Waals surface area contributed by atoms with Crippen molar-refractivity contribution in [3.8, 4) is 0 Å². The topological polar surface area (TPSA) is 30.7 Å². The van der Waals surface area contributed by atoms with E-state index in [2.05, 4.69) is 35.5 Å². The molecule has 1 aliphatic heterocycles. The zero-order valence-corrected chi connectivity index (χ0v) is 10.8. The molecule has 0 fully saturated rings. The van der Waals surface area contributed by atoms with Crippen LogP contribution in [0.2, 0.25) is 0 Å². The van der Waals surface area contributed by atoms with E-state index in [4.69, 9.17) is 0 Å². The number of hydrogen-bond donors (Lipinski definition) is 0. The lowest BCUT2D eigenvalue weighted by atomic mass is 9.92. The predicted molar refractivity (Wildman–Crippen MR) is 65.4 cm³/mol. The second kappa shape index (κ2) is 4.56. The molecule has 16 heavy (non-hydrogen) atoms. The van der Waals surface area contributed by atoms with Crippen molar-refractivity contribution >= 4 is 0 Å². The van der Waals surface area contributed by atoms with E-state index >= 15 is 0 Å². The summed E-state index contributed by atoms with van der Waals surface area (Å²) in [5.74, 6) is 2.39. The van der Waals surface area contributed by atoms with Crippen molar-refractivity contribution in [2.24, 2.45) is 5.41 Å². The Bertz CT molecular complexity index is 347. The summed E-state index contributed by atoms with van der Waals surface area (Å²) < 4.78 is 2.37. The number of nitrogens with zero attached hydrogens (tertiary/aromatic N) is 3. The minimum absolute atomic E-state index is 0.298. The van der Waals surface area contributed by atoms with E-state index in [-0.39, 0.29) is 0 Å². The first kappa shape index (κ1) is 11.6. The fourth-order valence-corrected chi connectivity index (χ4v) is 2.33. The van der Waals surface area contributed by atoms with Crippen LogP contribution in [-0.2, 0) is 19.4 Å². The average Bonchev–Trinajstić information content (AvgIpc) is 2.44. The standard InChI is InChI=1S/C13H23N3/c1-13(2,3)10-12-15-14-11-8-6-4-5-7-9-16(11)12/h4-10H2,1-3H3. The van der Waals surface area contributed by atoms with Crippen molar-refractivity contribution in [3.05, 3.63) is 11.6 Å². The fourth-order valence-electron chi connectivity index (χ4n) is 2.33. The zero-order chi connectivity index (χ0) is 11.6. The van der Waals surface area contributed by atoms with Crippen molar-refractivity contribution in [1.29, 1.82) is 0 Å². The molecule has 0 unspecified atom stereocenters. The highest BCUT2D eigenvalue weighted by Gasteiger charge is 2.19. The second-order valence-corrected chi connectivity index (χ2v) is 6.09. The minimum Gasteiger partial charge on any atom is -0.315 e. The van der Waals surface area contributed by atoms with Crippen LogP contribution in [0.1, 0.15) is 58.1 Å². The summed E-state index contributed by atoms with van der Waals surface area (Å²) in [6.07, 6.45) is 7.39. The van der Waals surface area contributed by atoms with Gasteiger partial charge in [-0.15, -0.1) is 10.2 Å². The molecule has 0 radical (unpaired) electrons. The molecule has 0 bridgehead atoms. The van der Waals surface area contributed by atoms with Gasteiger partial charge in [0.2, 0.25) is 0 Å². The summed E-state index contributed by atoms with van der Waals surface area (Å²) in [7, 11) is 0. The van der Waals surface area contributed by atoms with Gasteiger partial charge in [0.1, 0.15) is 11.6 Å². The van der Waals surface area contributed by atoms with Crippen LogP contribution in [0.15, 0.2) is 0 Å². The van der Waals surface area contributed by atoms with Crippen LogP contribution >= 0.6 is 0 Å². The lowest BCUT2D eigenvalue weighted by molar-refractivity contribution is 0.386. The van der Waals surface area contributed by atoms with Crippen LogP contribution in [0, 0.1) is 5.41 Å². The molecule has 0 atom stereocenters. The first-order valence-corrected chi connectivity index (χ1v) is 6.47. The SMILES string of the molecule is CC(C)(C)Cc1nnc2n1CCCCCC2. The van der Waals surface area contributed by atoms with Gasteiger partial charge in [-0.3, -0.25) is 0 Å². The highest BCUT2D eigenvalue weighted by atomic mass is 15.3. The first-order chi connectivity index (χ1) is 7.56. The molecule has 0 amide bonds. The lowest BCUT2D eigenvalue weighted by Gasteiger charge is -2.19. The Hall–Kier alpha value is -0.860. The third kappa shape index (κ3) is 2.83. The van der Waals surface area contributed by atoms with Crippen LogP contribution in [0.4, 0.5) is 0 Å². The Kier molecular flexibility index (Phi) is 3.31. The van der Waals surface area contributed by atoms with Gasteiger partial charge < -0.3 is 4.57 Å². The molecule has 0 spiro atoms. The number of hydrogen-bond acceptors (Lipinski definition) is 2. The molecule has 0 saturated heterocycles. The Morgan fingerprint density at radius 3 is 2.56 bits per heavy atom. The summed E-state index contributed by atoms with van der Waals surface area (Å²) in [6.45, 7) is 7.90. The highest BCUT2D eigenvalue weighted by molar-refractivity contribution is 4.99. The monoisotopic (exact) mass is 221 g/mol. The van der Waals surface area contributed by atoms with E-state index in [9.17, 15) is 0 Å². The number of aryl methyl sites for hydroxylation is 1. The largest absolute Gasteiger partial charge is 0.315 e. The smallest absolute Gasteiger partial charge is 0.133 e. The molecular formula is C13H23N3. The average molecular weight is 221 g/mol. The van der Waals surface area contributed by atoms with Crippen LogP contribution in [0.3, 0.4) is 0 Å². The van der Waals surface area contributed by atoms with Gasteiger partial charge in [0, 0.05) is 19.4 Å². The molecule has 3 heteroatoms. The predicted octanol–water partition coefficient (Wildman–Crippen LogP) is 2.98. The van der Waals surface area contributed by atoms with Gasteiger partial charge in [0.15, 0.2) is 0 Å². The molecule has 90 valence electrons. The number of aromatic nitrogens is 3. The van der Waals surface area contributed by atoms with Crippen LogP contribution in [0.25, 0.3) is 0 Å². The summed E-state index contributed by atoms with van der Waals surface area (Å²) in [5, 5.41) is 8.73. The van der Waals surface area contributed by atoms with Gasteiger partial charge in [-0.05, 0) is 18.3 Å². The molecule has 1 aromatic rings. The second-order valence-electron chi connectivity index (χ2n) is 6.09. The molecule has 0 aliphatic carbocycles. The normalized spacial score (nSPS) is 17.7. The van der Waals surface area contributed by atoms with Crippen LogP contribution < -0.4 is 0 Å². The van der Waals surface area contributed by atoms with E-state index in [1.165, 1.54) is 37.3 Å². The van der Waals surface area contributed by atoms with E-state index in [1.807, 2.05) is 0 Å². The van der Waals surface area contributed by atoms with Crippen LogP contribution in [-0.4, -0.2) is 14.8 Å². The molecule has 2 heterocycles. The molecule has 3 nitrogen and oxygen atoms in total. The molecule has 1 aromatic heterocycles. The summed E-state index contributed by atoms with van der Waals surface area (Å²) in [4.78, 5) is 0. The van der Waals surface area contributed by atoms with Crippen molar-refractivity contribution in [3.63, 3.8) is 0 Å². The van der Waals surface area contributed by atoms with Gasteiger partial charge >= 0.3 is 0 Å². The Morgan fingerprint density at radius 2 is 1.81 bits per heavy atom. The van der Waals surface area contributed by atoms with Gasteiger partial charge in [-0.1, -0.05) is 33.6 Å². The van der Waals surface area contributed by atoms with Gasteiger partial charge in [0.25, 0.3) is 0 Å². The van der Waals surface area contributed by atoms with Crippen LogP contribution in [0.5, 0.6) is 0 Å². The van der Waals surface area contributed by atoms with E-state index in [1.54, 1.807) is 0 Å². The van der Waals surface area contributed by atoms with Crippen molar-refractivity contribution in [2.75, 3.05) is 0 Å². The Balaban J connectivity index is 2.20. The molecule has 2 rings (SSSR count). The molecule has 0 N–H and O–H groups in total. The van der Waals surface area contributed by atoms with E-state index in [0.717, 1.165) is 19.4 Å². The molecule has 0 aromatic carbocycles. The molecule has 1 aliphatic rings. The lowest BCUT2D eigenvalue weighted by Crippen LogP contribution is -2.16. The maximum Gasteiger partial charge on any atom is 0.133 e. The minimum atomic E-state index is 0.298. The maximum absolute atomic E-state index is 4.38. The maximum atomic E-state index is 4.38. The van der Waals surface area contributed by atoms with Gasteiger partial charge in [-0.25, -0.2) is 0 Å². The zero-order valence-electron chi connectivity index (χ0n) is 10.8. The fraction of sp³-hybridized carbons (Fsp3) is 0.846. The number of fused-ring (bicyclic) bond motifs is 1. The first-order valence-electron chi connectivity index (χ1n) is 6.47. The molecule has 0 saturated carbocycles. The van der Waals surface area contributed by atoms with Crippen molar-refractivity contribution < 1.29 is 0 Å². The van der Waals surface area contributed by atoms with E-state index in [0.29, 0.717) is 5.41 Å². The number of rotatable bonds is 1. The Labute approximate surface area is 98.3 Å². The molecular weight excluding hydrogens is 198 g/mol. The quantitative estimate of drug-likeness (QED) is 0.730.